The number of hydrogen-bond acceptors (Lipinski definition) is 2. The van der Waals surface area contributed by atoms with Gasteiger partial charge in [0.05, 0.1) is 0 Å². The van der Waals surface area contributed by atoms with E-state index in [1.165, 1.54) is 0 Å². The van der Waals surface area contributed by atoms with E-state index in [-0.39, 0.29) is 0 Å². The average Bonchev–Trinajstić information content (AvgIpc) is 2.82. The van der Waals surface area contributed by atoms with Crippen LogP contribution in [0.1, 0.15) is 12.5 Å². The summed E-state index contributed by atoms with van der Waals surface area (Å²) in [7, 11) is 0. The number of rotatable bonds is 2. The summed E-state index contributed by atoms with van der Waals surface area (Å²) in [6.07, 6.45) is 0.908. The number of fused-ring (bicyclic) bond motifs is 1. The van der Waals surface area contributed by atoms with E-state index in [0.717, 1.165) is 40.0 Å². The van der Waals surface area contributed by atoms with E-state index < -0.39 is 0 Å². The highest BCUT2D eigenvalue weighted by Crippen LogP contribution is 2.31. The summed E-state index contributed by atoms with van der Waals surface area (Å²) >= 11 is 5.98. The van der Waals surface area contributed by atoms with Gasteiger partial charge in [-0.15, -0.1) is 0 Å². The van der Waals surface area contributed by atoms with Crippen LogP contribution in [-0.2, 0) is 6.42 Å². The molecule has 0 saturated heterocycles. The maximum Gasteiger partial charge on any atom is 0.135 e. The summed E-state index contributed by atoms with van der Waals surface area (Å²) in [6, 6.07) is 13.6. The Labute approximate surface area is 116 Å². The molecule has 0 aliphatic carbocycles. The SMILES string of the molecule is CCc1cc(-c2cc3cc(Cl)ccc3o2)ccc1N. The van der Waals surface area contributed by atoms with E-state index in [1.807, 2.05) is 36.4 Å². The van der Waals surface area contributed by atoms with Gasteiger partial charge in [0, 0.05) is 21.7 Å². The fourth-order valence-electron chi connectivity index (χ4n) is 2.22. The smallest absolute Gasteiger partial charge is 0.135 e. The molecular weight excluding hydrogens is 258 g/mol. The first-order chi connectivity index (χ1) is 9.17. The van der Waals surface area contributed by atoms with Crippen LogP contribution in [0.15, 0.2) is 46.9 Å². The molecule has 0 unspecified atom stereocenters. The minimum Gasteiger partial charge on any atom is -0.456 e. The molecule has 19 heavy (non-hydrogen) atoms. The van der Waals surface area contributed by atoms with Crippen molar-refractivity contribution in [2.75, 3.05) is 5.73 Å². The van der Waals surface area contributed by atoms with Crippen molar-refractivity contribution in [1.29, 1.82) is 0 Å². The van der Waals surface area contributed by atoms with Crippen molar-refractivity contribution in [3.63, 3.8) is 0 Å². The number of anilines is 1. The molecule has 0 aliphatic heterocycles. The van der Waals surface area contributed by atoms with Crippen LogP contribution in [0.4, 0.5) is 5.69 Å². The van der Waals surface area contributed by atoms with Gasteiger partial charge in [-0.1, -0.05) is 18.5 Å². The molecule has 2 N–H and O–H groups in total. The van der Waals surface area contributed by atoms with Crippen LogP contribution >= 0.6 is 11.6 Å². The molecule has 1 heterocycles. The predicted octanol–water partition coefficient (Wildman–Crippen LogP) is 4.90. The van der Waals surface area contributed by atoms with Crippen LogP contribution in [0, 0.1) is 0 Å². The van der Waals surface area contributed by atoms with E-state index in [1.54, 1.807) is 0 Å². The molecule has 3 aromatic rings. The van der Waals surface area contributed by atoms with Crippen molar-refractivity contribution in [1.82, 2.24) is 0 Å². The van der Waals surface area contributed by atoms with E-state index in [2.05, 4.69) is 13.0 Å². The molecule has 96 valence electrons. The molecule has 0 radical (unpaired) electrons. The van der Waals surface area contributed by atoms with Crippen LogP contribution in [-0.4, -0.2) is 0 Å². The van der Waals surface area contributed by atoms with Gasteiger partial charge in [0.2, 0.25) is 0 Å². The van der Waals surface area contributed by atoms with Gasteiger partial charge < -0.3 is 10.2 Å². The van der Waals surface area contributed by atoms with Crippen molar-refractivity contribution in [3.8, 4) is 11.3 Å². The third kappa shape index (κ3) is 2.20. The molecule has 0 atom stereocenters. The van der Waals surface area contributed by atoms with Crippen LogP contribution in [0.25, 0.3) is 22.3 Å². The Kier molecular flexibility index (Phi) is 2.96. The quantitative estimate of drug-likeness (QED) is 0.674. The highest BCUT2D eigenvalue weighted by molar-refractivity contribution is 6.31. The third-order valence-corrected chi connectivity index (χ3v) is 3.52. The number of hydrogen-bond donors (Lipinski definition) is 1. The second kappa shape index (κ2) is 4.63. The Balaban J connectivity index is 2.13. The lowest BCUT2D eigenvalue weighted by molar-refractivity contribution is 0.631. The first-order valence-corrected chi connectivity index (χ1v) is 6.63. The van der Waals surface area contributed by atoms with E-state index in [0.29, 0.717) is 5.02 Å². The standard InChI is InChI=1S/C16H14ClNO/c1-2-10-7-11(3-5-14(10)18)16-9-12-8-13(17)4-6-15(12)19-16/h3-9H,2,18H2,1H3. The molecule has 0 aliphatic rings. The van der Waals surface area contributed by atoms with Gasteiger partial charge in [0.25, 0.3) is 0 Å². The normalized spacial score (nSPS) is 11.1. The lowest BCUT2D eigenvalue weighted by Gasteiger charge is -2.04. The number of benzene rings is 2. The highest BCUT2D eigenvalue weighted by atomic mass is 35.5. The Bertz CT molecular complexity index is 746. The number of nitrogens with two attached hydrogens (primary N) is 1. The van der Waals surface area contributed by atoms with E-state index >= 15 is 0 Å². The summed E-state index contributed by atoms with van der Waals surface area (Å²) in [6.45, 7) is 2.09. The fourth-order valence-corrected chi connectivity index (χ4v) is 2.40. The van der Waals surface area contributed by atoms with Gasteiger partial charge in [0.15, 0.2) is 0 Å². The van der Waals surface area contributed by atoms with Crippen LogP contribution in [0.2, 0.25) is 5.02 Å². The Morgan fingerprint density at radius 3 is 2.74 bits per heavy atom. The minimum atomic E-state index is 0.714. The Morgan fingerprint density at radius 2 is 1.95 bits per heavy atom. The molecule has 0 fully saturated rings. The van der Waals surface area contributed by atoms with Crippen LogP contribution in [0.3, 0.4) is 0 Å². The summed E-state index contributed by atoms with van der Waals surface area (Å²) in [5, 5.41) is 1.73. The van der Waals surface area contributed by atoms with E-state index in [4.69, 9.17) is 21.8 Å². The van der Waals surface area contributed by atoms with Gasteiger partial charge in [-0.05, 0) is 54.4 Å². The minimum absolute atomic E-state index is 0.714. The number of aryl methyl sites for hydroxylation is 1. The molecule has 0 bridgehead atoms. The third-order valence-electron chi connectivity index (χ3n) is 3.29. The molecule has 3 heteroatoms. The Morgan fingerprint density at radius 1 is 1.11 bits per heavy atom. The van der Waals surface area contributed by atoms with E-state index in [9.17, 15) is 0 Å². The van der Waals surface area contributed by atoms with Gasteiger partial charge in [-0.25, -0.2) is 0 Å². The average molecular weight is 272 g/mol. The van der Waals surface area contributed by atoms with Crippen molar-refractivity contribution < 1.29 is 4.42 Å². The van der Waals surface area contributed by atoms with Crippen LogP contribution < -0.4 is 5.73 Å². The molecule has 0 spiro atoms. The second-order valence-corrected chi connectivity index (χ2v) is 5.00. The summed E-state index contributed by atoms with van der Waals surface area (Å²) < 4.78 is 5.85. The largest absolute Gasteiger partial charge is 0.456 e. The predicted molar refractivity (Wildman–Crippen MR) is 80.5 cm³/mol. The summed E-state index contributed by atoms with van der Waals surface area (Å²) in [5.41, 5.74) is 9.77. The molecule has 3 rings (SSSR count). The zero-order valence-corrected chi connectivity index (χ0v) is 11.4. The molecule has 1 aromatic heterocycles. The van der Waals surface area contributed by atoms with Gasteiger partial charge in [0.1, 0.15) is 11.3 Å². The topological polar surface area (TPSA) is 39.2 Å². The number of nitrogen functional groups attached to an aromatic ring is 1. The first kappa shape index (κ1) is 12.1. The summed E-state index contributed by atoms with van der Waals surface area (Å²) in [5.74, 6) is 0.840. The van der Waals surface area contributed by atoms with Gasteiger partial charge >= 0.3 is 0 Å². The molecule has 2 nitrogen and oxygen atoms in total. The second-order valence-electron chi connectivity index (χ2n) is 4.56. The molecule has 0 amide bonds. The maximum absolute atomic E-state index is 5.98. The zero-order valence-electron chi connectivity index (χ0n) is 10.6. The molecule has 0 saturated carbocycles. The van der Waals surface area contributed by atoms with Crippen molar-refractivity contribution in [2.45, 2.75) is 13.3 Å². The first-order valence-electron chi connectivity index (χ1n) is 6.25. The fraction of sp³-hybridized carbons (Fsp3) is 0.125. The maximum atomic E-state index is 5.98. The van der Waals surface area contributed by atoms with Gasteiger partial charge in [-0.3, -0.25) is 0 Å². The molecule has 2 aromatic carbocycles. The highest BCUT2D eigenvalue weighted by Gasteiger charge is 2.08. The Hall–Kier alpha value is -1.93. The van der Waals surface area contributed by atoms with Crippen molar-refractivity contribution in [2.24, 2.45) is 0 Å². The zero-order chi connectivity index (χ0) is 13.4. The van der Waals surface area contributed by atoms with Crippen molar-refractivity contribution in [3.05, 3.63) is 53.1 Å². The van der Waals surface area contributed by atoms with Crippen molar-refractivity contribution >= 4 is 28.3 Å². The lowest BCUT2D eigenvalue weighted by Crippen LogP contribution is -1.92. The number of furan rings is 1. The lowest BCUT2D eigenvalue weighted by atomic mass is 10.0. The summed E-state index contributed by atoms with van der Waals surface area (Å²) in [4.78, 5) is 0. The van der Waals surface area contributed by atoms with Gasteiger partial charge in [-0.2, -0.15) is 0 Å². The molecular formula is C16H14ClNO. The monoisotopic (exact) mass is 271 g/mol. The number of halogens is 1. The van der Waals surface area contributed by atoms with Crippen LogP contribution in [0.5, 0.6) is 0 Å².